The lowest BCUT2D eigenvalue weighted by Gasteiger charge is -2.00. The van der Waals surface area contributed by atoms with Gasteiger partial charge in [0.2, 0.25) is 0 Å². The Labute approximate surface area is 55.5 Å². The third kappa shape index (κ3) is 1.37. The molecule has 0 bridgehead atoms. The van der Waals surface area contributed by atoms with Gasteiger partial charge in [0.15, 0.2) is 0 Å². The SMILES string of the molecule is CCOC1=C(C)OCC1. The Bertz CT molecular complexity index is 127. The molecule has 2 nitrogen and oxygen atoms in total. The van der Waals surface area contributed by atoms with E-state index in [1.54, 1.807) is 0 Å². The van der Waals surface area contributed by atoms with Crippen LogP contribution in [0.3, 0.4) is 0 Å². The van der Waals surface area contributed by atoms with Crippen molar-refractivity contribution >= 4 is 0 Å². The Morgan fingerprint density at radius 2 is 2.44 bits per heavy atom. The van der Waals surface area contributed by atoms with E-state index in [-0.39, 0.29) is 0 Å². The van der Waals surface area contributed by atoms with Crippen molar-refractivity contribution in [1.82, 2.24) is 0 Å². The average molecular weight is 128 g/mol. The van der Waals surface area contributed by atoms with E-state index >= 15 is 0 Å². The van der Waals surface area contributed by atoms with Gasteiger partial charge < -0.3 is 9.47 Å². The second-order valence-electron chi connectivity index (χ2n) is 2.01. The maximum atomic E-state index is 5.27. The summed E-state index contributed by atoms with van der Waals surface area (Å²) in [7, 11) is 0. The van der Waals surface area contributed by atoms with E-state index in [2.05, 4.69) is 0 Å². The summed E-state index contributed by atoms with van der Waals surface area (Å²) in [5.74, 6) is 1.98. The molecule has 0 spiro atoms. The fraction of sp³-hybridized carbons (Fsp3) is 0.714. The number of hydrogen-bond acceptors (Lipinski definition) is 2. The average Bonchev–Trinajstić information content (AvgIpc) is 2.18. The quantitative estimate of drug-likeness (QED) is 0.563. The Morgan fingerprint density at radius 3 is 2.89 bits per heavy atom. The molecule has 0 radical (unpaired) electrons. The maximum absolute atomic E-state index is 5.27. The summed E-state index contributed by atoms with van der Waals surface area (Å²) in [5, 5.41) is 0. The lowest BCUT2D eigenvalue weighted by Crippen LogP contribution is -1.89. The number of allylic oxidation sites excluding steroid dienone is 1. The second kappa shape index (κ2) is 2.76. The monoisotopic (exact) mass is 128 g/mol. The topological polar surface area (TPSA) is 18.5 Å². The fourth-order valence-electron chi connectivity index (χ4n) is 0.901. The van der Waals surface area contributed by atoms with Crippen molar-refractivity contribution in [2.75, 3.05) is 13.2 Å². The molecule has 0 unspecified atom stereocenters. The van der Waals surface area contributed by atoms with E-state index in [1.165, 1.54) is 0 Å². The lowest BCUT2D eigenvalue weighted by molar-refractivity contribution is 0.218. The van der Waals surface area contributed by atoms with Crippen LogP contribution in [-0.4, -0.2) is 13.2 Å². The van der Waals surface area contributed by atoms with Gasteiger partial charge in [-0.05, 0) is 13.8 Å². The van der Waals surface area contributed by atoms with Gasteiger partial charge in [0.25, 0.3) is 0 Å². The molecule has 1 aliphatic heterocycles. The zero-order chi connectivity index (χ0) is 6.69. The molecule has 9 heavy (non-hydrogen) atoms. The Hall–Kier alpha value is -0.660. The third-order valence-corrected chi connectivity index (χ3v) is 1.36. The standard InChI is InChI=1S/C7H12O2/c1-3-8-7-4-5-9-6(7)2/h3-5H2,1-2H3. The summed E-state index contributed by atoms with van der Waals surface area (Å²) in [4.78, 5) is 0. The van der Waals surface area contributed by atoms with Crippen molar-refractivity contribution in [2.45, 2.75) is 20.3 Å². The van der Waals surface area contributed by atoms with Gasteiger partial charge in [-0.25, -0.2) is 0 Å². The van der Waals surface area contributed by atoms with Gasteiger partial charge in [0.1, 0.15) is 11.5 Å². The number of rotatable bonds is 2. The molecule has 2 heteroatoms. The Balaban J connectivity index is 2.45. The predicted octanol–water partition coefficient (Wildman–Crippen LogP) is 1.67. The second-order valence-corrected chi connectivity index (χ2v) is 2.01. The van der Waals surface area contributed by atoms with E-state index in [0.717, 1.165) is 31.2 Å². The van der Waals surface area contributed by atoms with Crippen LogP contribution in [0.15, 0.2) is 11.5 Å². The zero-order valence-corrected chi connectivity index (χ0v) is 5.94. The third-order valence-electron chi connectivity index (χ3n) is 1.36. The molecular formula is C7H12O2. The highest BCUT2D eigenvalue weighted by atomic mass is 16.5. The lowest BCUT2D eigenvalue weighted by atomic mass is 10.4. The smallest absolute Gasteiger partial charge is 0.137 e. The highest BCUT2D eigenvalue weighted by molar-refractivity contribution is 5.03. The summed E-state index contributed by atoms with van der Waals surface area (Å²) in [6.07, 6.45) is 0.944. The molecule has 52 valence electrons. The normalized spacial score (nSPS) is 18.0. The van der Waals surface area contributed by atoms with E-state index in [1.807, 2.05) is 13.8 Å². The van der Waals surface area contributed by atoms with Gasteiger partial charge in [0, 0.05) is 6.42 Å². The van der Waals surface area contributed by atoms with Crippen molar-refractivity contribution in [2.24, 2.45) is 0 Å². The van der Waals surface area contributed by atoms with Gasteiger partial charge in [-0.3, -0.25) is 0 Å². The first-order valence-electron chi connectivity index (χ1n) is 3.30. The van der Waals surface area contributed by atoms with Crippen LogP contribution in [0.25, 0.3) is 0 Å². The molecule has 0 aromatic carbocycles. The van der Waals surface area contributed by atoms with Crippen LogP contribution in [0.2, 0.25) is 0 Å². The van der Waals surface area contributed by atoms with Crippen LogP contribution >= 0.6 is 0 Å². The van der Waals surface area contributed by atoms with Gasteiger partial charge in [-0.2, -0.15) is 0 Å². The first-order valence-corrected chi connectivity index (χ1v) is 3.30. The first-order chi connectivity index (χ1) is 4.34. The molecule has 0 amide bonds. The molecule has 0 saturated heterocycles. The molecule has 1 aliphatic rings. The molecular weight excluding hydrogens is 116 g/mol. The molecule has 0 fully saturated rings. The molecule has 0 atom stereocenters. The van der Waals surface area contributed by atoms with Crippen molar-refractivity contribution < 1.29 is 9.47 Å². The molecule has 0 aromatic rings. The molecule has 0 N–H and O–H groups in total. The highest BCUT2D eigenvalue weighted by Gasteiger charge is 2.11. The Morgan fingerprint density at radius 1 is 1.67 bits per heavy atom. The predicted molar refractivity (Wildman–Crippen MR) is 34.9 cm³/mol. The van der Waals surface area contributed by atoms with Crippen LogP contribution in [0.4, 0.5) is 0 Å². The van der Waals surface area contributed by atoms with E-state index < -0.39 is 0 Å². The maximum Gasteiger partial charge on any atom is 0.137 e. The largest absolute Gasteiger partial charge is 0.495 e. The molecule has 0 aliphatic carbocycles. The summed E-state index contributed by atoms with van der Waals surface area (Å²) >= 11 is 0. The number of ether oxygens (including phenoxy) is 2. The molecule has 0 saturated carbocycles. The van der Waals surface area contributed by atoms with Crippen molar-refractivity contribution in [3.63, 3.8) is 0 Å². The highest BCUT2D eigenvalue weighted by Crippen LogP contribution is 2.18. The minimum Gasteiger partial charge on any atom is -0.495 e. The van der Waals surface area contributed by atoms with Crippen LogP contribution in [0.1, 0.15) is 20.3 Å². The molecule has 1 heterocycles. The summed E-state index contributed by atoms with van der Waals surface area (Å²) in [6.45, 7) is 5.47. The van der Waals surface area contributed by atoms with Crippen LogP contribution < -0.4 is 0 Å². The van der Waals surface area contributed by atoms with Crippen LogP contribution in [0, 0.1) is 0 Å². The molecule has 0 aromatic heterocycles. The zero-order valence-electron chi connectivity index (χ0n) is 5.94. The van der Waals surface area contributed by atoms with Crippen molar-refractivity contribution in [1.29, 1.82) is 0 Å². The van der Waals surface area contributed by atoms with Gasteiger partial charge >= 0.3 is 0 Å². The minimum absolute atomic E-state index is 0.746. The van der Waals surface area contributed by atoms with Crippen molar-refractivity contribution in [3.8, 4) is 0 Å². The van der Waals surface area contributed by atoms with E-state index in [0.29, 0.717) is 0 Å². The minimum atomic E-state index is 0.746. The van der Waals surface area contributed by atoms with Gasteiger partial charge in [-0.1, -0.05) is 0 Å². The van der Waals surface area contributed by atoms with Crippen LogP contribution in [0.5, 0.6) is 0 Å². The van der Waals surface area contributed by atoms with Gasteiger partial charge in [0.05, 0.1) is 13.2 Å². The van der Waals surface area contributed by atoms with Crippen LogP contribution in [-0.2, 0) is 9.47 Å². The summed E-state index contributed by atoms with van der Waals surface area (Å²) in [6, 6.07) is 0. The van der Waals surface area contributed by atoms with Gasteiger partial charge in [-0.15, -0.1) is 0 Å². The van der Waals surface area contributed by atoms with E-state index in [4.69, 9.17) is 9.47 Å². The summed E-state index contributed by atoms with van der Waals surface area (Å²) in [5.41, 5.74) is 0. The van der Waals surface area contributed by atoms with Crippen molar-refractivity contribution in [3.05, 3.63) is 11.5 Å². The summed E-state index contributed by atoms with van der Waals surface area (Å²) < 4.78 is 10.4. The van der Waals surface area contributed by atoms with E-state index in [9.17, 15) is 0 Å². The fourth-order valence-corrected chi connectivity index (χ4v) is 0.901. The number of hydrogen-bond donors (Lipinski definition) is 0. The molecule has 1 rings (SSSR count). The first kappa shape index (κ1) is 6.46. The Kier molecular flexibility index (Phi) is 1.98.